The Morgan fingerprint density at radius 1 is 1.37 bits per heavy atom. The molecule has 1 aromatic heterocycles. The molecular formula is C13H13N3O3. The van der Waals surface area contributed by atoms with Crippen LogP contribution in [0.1, 0.15) is 11.3 Å². The van der Waals surface area contributed by atoms with Gasteiger partial charge in [0, 0.05) is 5.69 Å². The van der Waals surface area contributed by atoms with Crippen molar-refractivity contribution in [2.75, 3.05) is 5.73 Å². The van der Waals surface area contributed by atoms with E-state index >= 15 is 0 Å². The van der Waals surface area contributed by atoms with Crippen LogP contribution in [0, 0.1) is 17.0 Å². The van der Waals surface area contributed by atoms with E-state index in [0.717, 1.165) is 5.56 Å². The van der Waals surface area contributed by atoms with E-state index in [1.165, 1.54) is 6.07 Å². The highest BCUT2D eigenvalue weighted by Crippen LogP contribution is 2.32. The van der Waals surface area contributed by atoms with Gasteiger partial charge in [0.2, 0.25) is 0 Å². The first-order chi connectivity index (χ1) is 9.08. The van der Waals surface area contributed by atoms with Crippen molar-refractivity contribution >= 4 is 11.4 Å². The van der Waals surface area contributed by atoms with E-state index in [9.17, 15) is 10.1 Å². The largest absolute Gasteiger partial charge is 0.468 e. The zero-order chi connectivity index (χ0) is 13.8. The van der Waals surface area contributed by atoms with Crippen molar-refractivity contribution in [3.63, 3.8) is 0 Å². The maximum atomic E-state index is 11.0. The molecule has 0 aliphatic rings. The minimum atomic E-state index is -0.581. The van der Waals surface area contributed by atoms with Crippen molar-refractivity contribution in [1.29, 1.82) is 0 Å². The molecule has 0 atom stereocenters. The van der Waals surface area contributed by atoms with Crippen LogP contribution in [0.3, 0.4) is 0 Å². The molecule has 0 amide bonds. The number of anilines is 1. The van der Waals surface area contributed by atoms with Crippen LogP contribution < -0.4 is 10.5 Å². The van der Waals surface area contributed by atoms with Gasteiger partial charge in [-0.1, -0.05) is 30.3 Å². The molecule has 98 valence electrons. The molecule has 19 heavy (non-hydrogen) atoms. The van der Waals surface area contributed by atoms with E-state index in [0.29, 0.717) is 5.69 Å². The number of aromatic nitrogens is 1. The first-order valence-corrected chi connectivity index (χ1v) is 5.66. The zero-order valence-corrected chi connectivity index (χ0v) is 10.4. The molecule has 0 bridgehead atoms. The molecule has 6 nitrogen and oxygen atoms in total. The SMILES string of the molecule is Cc1cc(N)c([N+](=O)[O-])c(OCc2ccccc2)n1. The summed E-state index contributed by atoms with van der Waals surface area (Å²) in [6.07, 6.45) is 0. The molecule has 0 spiro atoms. The normalized spacial score (nSPS) is 10.2. The molecule has 0 radical (unpaired) electrons. The average molecular weight is 259 g/mol. The monoisotopic (exact) mass is 259 g/mol. The average Bonchev–Trinajstić information content (AvgIpc) is 2.36. The number of nitrogens with zero attached hydrogens (tertiary/aromatic N) is 2. The summed E-state index contributed by atoms with van der Waals surface area (Å²) in [5.74, 6) is -0.0497. The number of aryl methyl sites for hydroxylation is 1. The Morgan fingerprint density at radius 2 is 2.05 bits per heavy atom. The first-order valence-electron chi connectivity index (χ1n) is 5.66. The minimum absolute atomic E-state index is 0.0497. The lowest BCUT2D eigenvalue weighted by Gasteiger charge is -2.08. The summed E-state index contributed by atoms with van der Waals surface area (Å²) in [6.45, 7) is 1.91. The predicted molar refractivity (Wildman–Crippen MR) is 70.8 cm³/mol. The molecule has 0 saturated carbocycles. The predicted octanol–water partition coefficient (Wildman–Crippen LogP) is 2.46. The fourth-order valence-electron chi connectivity index (χ4n) is 1.67. The van der Waals surface area contributed by atoms with Crippen LogP contribution >= 0.6 is 0 Å². The summed E-state index contributed by atoms with van der Waals surface area (Å²) in [5, 5.41) is 11.0. The number of ether oxygens (including phenoxy) is 1. The van der Waals surface area contributed by atoms with E-state index in [1.54, 1.807) is 6.92 Å². The number of benzene rings is 1. The summed E-state index contributed by atoms with van der Waals surface area (Å²) < 4.78 is 5.41. The van der Waals surface area contributed by atoms with E-state index in [1.807, 2.05) is 30.3 Å². The summed E-state index contributed by atoms with van der Waals surface area (Å²) >= 11 is 0. The van der Waals surface area contributed by atoms with Gasteiger partial charge in [0.1, 0.15) is 12.3 Å². The van der Waals surface area contributed by atoms with Crippen LogP contribution in [0.5, 0.6) is 5.88 Å². The van der Waals surface area contributed by atoms with Gasteiger partial charge >= 0.3 is 5.69 Å². The van der Waals surface area contributed by atoms with Gasteiger partial charge in [0.15, 0.2) is 0 Å². The Bertz CT molecular complexity index is 600. The van der Waals surface area contributed by atoms with Gasteiger partial charge in [-0.05, 0) is 18.6 Å². The quantitative estimate of drug-likeness (QED) is 0.672. The van der Waals surface area contributed by atoms with Crippen LogP contribution in [0.15, 0.2) is 36.4 Å². The van der Waals surface area contributed by atoms with Crippen molar-refractivity contribution in [3.8, 4) is 5.88 Å². The van der Waals surface area contributed by atoms with Crippen molar-refractivity contribution in [3.05, 3.63) is 57.8 Å². The lowest BCUT2D eigenvalue weighted by atomic mass is 10.2. The zero-order valence-electron chi connectivity index (χ0n) is 10.4. The van der Waals surface area contributed by atoms with E-state index in [4.69, 9.17) is 10.5 Å². The van der Waals surface area contributed by atoms with E-state index in [-0.39, 0.29) is 23.9 Å². The third-order valence-corrected chi connectivity index (χ3v) is 2.52. The number of nitrogens with two attached hydrogens (primary N) is 1. The number of hydrogen-bond donors (Lipinski definition) is 1. The van der Waals surface area contributed by atoms with Crippen molar-refractivity contribution < 1.29 is 9.66 Å². The van der Waals surface area contributed by atoms with Gasteiger partial charge in [-0.15, -0.1) is 0 Å². The van der Waals surface area contributed by atoms with Crippen LogP contribution in [0.2, 0.25) is 0 Å². The number of nitrogen functional groups attached to an aromatic ring is 1. The Morgan fingerprint density at radius 3 is 2.68 bits per heavy atom. The lowest BCUT2D eigenvalue weighted by molar-refractivity contribution is -0.385. The Kier molecular flexibility index (Phi) is 3.61. The van der Waals surface area contributed by atoms with Crippen molar-refractivity contribution in [2.24, 2.45) is 0 Å². The van der Waals surface area contributed by atoms with Gasteiger partial charge in [0.25, 0.3) is 5.88 Å². The van der Waals surface area contributed by atoms with Crippen molar-refractivity contribution in [2.45, 2.75) is 13.5 Å². The molecule has 0 aliphatic carbocycles. The molecule has 2 N–H and O–H groups in total. The van der Waals surface area contributed by atoms with Gasteiger partial charge in [-0.25, -0.2) is 4.98 Å². The standard InChI is InChI=1S/C13H13N3O3/c1-9-7-11(14)12(16(17)18)13(15-9)19-8-10-5-3-2-4-6-10/h2-7H,8H2,1H3,(H2,14,15). The van der Waals surface area contributed by atoms with Crippen LogP contribution in [0.4, 0.5) is 11.4 Å². The molecular weight excluding hydrogens is 246 g/mol. The van der Waals surface area contributed by atoms with Gasteiger partial charge in [-0.3, -0.25) is 10.1 Å². The van der Waals surface area contributed by atoms with E-state index in [2.05, 4.69) is 4.98 Å². The van der Waals surface area contributed by atoms with Gasteiger partial charge in [0.05, 0.1) is 4.92 Å². The third kappa shape index (κ3) is 2.98. The summed E-state index contributed by atoms with van der Waals surface area (Å²) in [7, 11) is 0. The van der Waals surface area contributed by atoms with Gasteiger partial charge < -0.3 is 10.5 Å². The number of rotatable bonds is 4. The van der Waals surface area contributed by atoms with Crippen LogP contribution in [0.25, 0.3) is 0 Å². The smallest absolute Gasteiger partial charge is 0.353 e. The lowest BCUT2D eigenvalue weighted by Crippen LogP contribution is -2.05. The van der Waals surface area contributed by atoms with E-state index < -0.39 is 4.92 Å². The maximum Gasteiger partial charge on any atom is 0.353 e. The highest BCUT2D eigenvalue weighted by atomic mass is 16.6. The third-order valence-electron chi connectivity index (χ3n) is 2.52. The topological polar surface area (TPSA) is 91.3 Å². The number of pyridine rings is 1. The molecule has 1 heterocycles. The molecule has 0 saturated heterocycles. The molecule has 2 aromatic rings. The maximum absolute atomic E-state index is 11.0. The summed E-state index contributed by atoms with van der Waals surface area (Å²) in [4.78, 5) is 14.4. The first kappa shape index (κ1) is 12.8. The molecule has 6 heteroatoms. The molecule has 0 unspecified atom stereocenters. The number of hydrogen-bond acceptors (Lipinski definition) is 5. The summed E-state index contributed by atoms with van der Waals surface area (Å²) in [6, 6.07) is 10.8. The van der Waals surface area contributed by atoms with Gasteiger partial charge in [-0.2, -0.15) is 0 Å². The second-order valence-electron chi connectivity index (χ2n) is 4.04. The molecule has 2 rings (SSSR count). The second kappa shape index (κ2) is 5.34. The number of nitro groups is 1. The molecule has 0 aliphatic heterocycles. The van der Waals surface area contributed by atoms with Crippen molar-refractivity contribution in [1.82, 2.24) is 4.98 Å². The molecule has 0 fully saturated rings. The Balaban J connectivity index is 2.27. The highest BCUT2D eigenvalue weighted by molar-refractivity contribution is 5.63. The Labute approximate surface area is 110 Å². The Hall–Kier alpha value is -2.63. The highest BCUT2D eigenvalue weighted by Gasteiger charge is 2.22. The summed E-state index contributed by atoms with van der Waals surface area (Å²) in [5.41, 5.74) is 6.87. The fraction of sp³-hybridized carbons (Fsp3) is 0.154. The molecule has 1 aromatic carbocycles. The minimum Gasteiger partial charge on any atom is -0.468 e. The van der Waals surface area contributed by atoms with Crippen LogP contribution in [-0.4, -0.2) is 9.91 Å². The fourth-order valence-corrected chi connectivity index (χ4v) is 1.67. The van der Waals surface area contributed by atoms with Crippen LogP contribution in [-0.2, 0) is 6.61 Å². The second-order valence-corrected chi connectivity index (χ2v) is 4.04.